The number of carbonyl (C=O) groups is 2. The normalized spacial score (nSPS) is 25.3. The van der Waals surface area contributed by atoms with E-state index in [1.807, 2.05) is 0 Å². The maximum absolute atomic E-state index is 12.0. The van der Waals surface area contributed by atoms with Gasteiger partial charge in [0.1, 0.15) is 6.04 Å². The number of hydrogen-bond acceptors (Lipinski definition) is 3. The van der Waals surface area contributed by atoms with E-state index in [1.54, 1.807) is 4.90 Å². The number of carbonyl (C=O) groups excluding carboxylic acids is 2. The molecule has 2 aliphatic rings. The molecule has 1 amide bonds. The highest BCUT2D eigenvalue weighted by Gasteiger charge is 2.35. The molecule has 1 saturated carbocycles. The van der Waals surface area contributed by atoms with Crippen LogP contribution in [-0.4, -0.2) is 36.5 Å². The quantitative estimate of drug-likeness (QED) is 0.681. The van der Waals surface area contributed by atoms with E-state index in [1.165, 1.54) is 20.0 Å². The molecule has 0 aromatic rings. The van der Waals surface area contributed by atoms with Crippen LogP contribution in [0.2, 0.25) is 0 Å². The summed E-state index contributed by atoms with van der Waals surface area (Å²) >= 11 is 0. The minimum atomic E-state index is -0.329. The molecular formula is C12H19NO3. The van der Waals surface area contributed by atoms with E-state index in [0.717, 1.165) is 19.3 Å². The molecule has 4 heteroatoms. The predicted molar refractivity (Wildman–Crippen MR) is 58.7 cm³/mol. The molecule has 16 heavy (non-hydrogen) atoms. The number of hydrogen-bond donors (Lipinski definition) is 0. The molecule has 1 atom stereocenters. The van der Waals surface area contributed by atoms with Crippen LogP contribution in [0.5, 0.6) is 0 Å². The lowest BCUT2D eigenvalue weighted by molar-refractivity contribution is -0.154. The van der Waals surface area contributed by atoms with E-state index in [9.17, 15) is 9.59 Å². The van der Waals surface area contributed by atoms with Crippen LogP contribution in [0.15, 0.2) is 0 Å². The molecule has 1 saturated heterocycles. The topological polar surface area (TPSA) is 46.6 Å². The largest absolute Gasteiger partial charge is 0.467 e. The van der Waals surface area contributed by atoms with Crippen LogP contribution in [0.25, 0.3) is 0 Å². The lowest BCUT2D eigenvalue weighted by atomic mass is 10.0. The lowest BCUT2D eigenvalue weighted by Crippen LogP contribution is -2.48. The van der Waals surface area contributed by atoms with Crippen molar-refractivity contribution in [1.82, 2.24) is 4.90 Å². The summed E-state index contributed by atoms with van der Waals surface area (Å²) in [5, 5.41) is 0. The molecule has 0 radical (unpaired) electrons. The molecule has 0 spiro atoms. The zero-order chi connectivity index (χ0) is 11.5. The number of methoxy groups -OCH3 is 1. The molecule has 2 rings (SSSR count). The lowest BCUT2D eigenvalue weighted by Gasteiger charge is -2.33. The van der Waals surface area contributed by atoms with E-state index < -0.39 is 0 Å². The van der Waals surface area contributed by atoms with Gasteiger partial charge in [0, 0.05) is 13.0 Å². The maximum atomic E-state index is 12.0. The second-order valence-corrected chi connectivity index (χ2v) is 4.77. The number of ether oxygens (including phenoxy) is 1. The average molecular weight is 225 g/mol. The summed E-state index contributed by atoms with van der Waals surface area (Å²) in [4.78, 5) is 25.3. The van der Waals surface area contributed by atoms with Gasteiger partial charge in [0.25, 0.3) is 0 Å². The number of rotatable bonds is 3. The van der Waals surface area contributed by atoms with E-state index in [2.05, 4.69) is 0 Å². The van der Waals surface area contributed by atoms with E-state index in [-0.39, 0.29) is 17.9 Å². The van der Waals surface area contributed by atoms with Gasteiger partial charge in [-0.2, -0.15) is 0 Å². The summed E-state index contributed by atoms with van der Waals surface area (Å²) < 4.78 is 4.76. The van der Waals surface area contributed by atoms with Gasteiger partial charge in [-0.1, -0.05) is 0 Å². The monoisotopic (exact) mass is 225 g/mol. The minimum Gasteiger partial charge on any atom is -0.467 e. The average Bonchev–Trinajstić information content (AvgIpc) is 3.12. The third-order valence-corrected chi connectivity index (χ3v) is 3.46. The summed E-state index contributed by atoms with van der Waals surface area (Å²) in [6, 6.07) is -0.329. The fraction of sp³-hybridized carbons (Fsp3) is 0.833. The molecule has 0 aromatic carbocycles. The minimum absolute atomic E-state index is 0.137. The smallest absolute Gasteiger partial charge is 0.328 e. The molecule has 1 unspecified atom stereocenters. The summed E-state index contributed by atoms with van der Waals surface area (Å²) in [7, 11) is 1.39. The van der Waals surface area contributed by atoms with Crippen LogP contribution in [0, 0.1) is 5.92 Å². The Morgan fingerprint density at radius 2 is 2.00 bits per heavy atom. The highest BCUT2D eigenvalue weighted by molar-refractivity contribution is 5.85. The highest BCUT2D eigenvalue weighted by Crippen LogP contribution is 2.33. The van der Waals surface area contributed by atoms with Gasteiger partial charge in [0.2, 0.25) is 5.91 Å². The SMILES string of the molecule is COC(=O)C1CCCCN1C(=O)CC1CC1. The van der Waals surface area contributed by atoms with Gasteiger partial charge in [0.15, 0.2) is 0 Å². The number of amides is 1. The van der Waals surface area contributed by atoms with Crippen molar-refractivity contribution in [2.24, 2.45) is 5.92 Å². The van der Waals surface area contributed by atoms with Crippen molar-refractivity contribution in [3.8, 4) is 0 Å². The summed E-state index contributed by atoms with van der Waals surface area (Å²) in [5.41, 5.74) is 0. The Bertz CT molecular complexity index is 286. The first-order chi connectivity index (χ1) is 7.72. The van der Waals surface area contributed by atoms with Crippen molar-refractivity contribution in [2.75, 3.05) is 13.7 Å². The Kier molecular flexibility index (Phi) is 3.46. The Balaban J connectivity index is 1.96. The van der Waals surface area contributed by atoms with Crippen LogP contribution < -0.4 is 0 Å². The molecule has 90 valence electrons. The van der Waals surface area contributed by atoms with Gasteiger partial charge in [-0.25, -0.2) is 4.79 Å². The second kappa shape index (κ2) is 4.85. The standard InChI is InChI=1S/C12H19NO3/c1-16-12(15)10-4-2-3-7-13(10)11(14)8-9-5-6-9/h9-10H,2-8H2,1H3. The molecule has 0 bridgehead atoms. The fourth-order valence-corrected chi connectivity index (χ4v) is 2.30. The first-order valence-corrected chi connectivity index (χ1v) is 6.09. The zero-order valence-corrected chi connectivity index (χ0v) is 9.78. The maximum Gasteiger partial charge on any atom is 0.328 e. The van der Waals surface area contributed by atoms with Crippen LogP contribution in [-0.2, 0) is 14.3 Å². The fourth-order valence-electron chi connectivity index (χ4n) is 2.30. The van der Waals surface area contributed by atoms with Gasteiger partial charge < -0.3 is 9.64 Å². The molecule has 0 N–H and O–H groups in total. The van der Waals surface area contributed by atoms with Gasteiger partial charge in [-0.05, 0) is 38.0 Å². The molecule has 2 fully saturated rings. The molecule has 4 nitrogen and oxygen atoms in total. The Hall–Kier alpha value is -1.06. The van der Waals surface area contributed by atoms with Crippen LogP contribution in [0.1, 0.15) is 38.5 Å². The van der Waals surface area contributed by atoms with Gasteiger partial charge in [-0.15, -0.1) is 0 Å². The molecule has 1 aliphatic heterocycles. The zero-order valence-electron chi connectivity index (χ0n) is 9.78. The van der Waals surface area contributed by atoms with Gasteiger partial charge in [-0.3, -0.25) is 4.79 Å². The van der Waals surface area contributed by atoms with Gasteiger partial charge >= 0.3 is 5.97 Å². The third-order valence-electron chi connectivity index (χ3n) is 3.46. The summed E-state index contributed by atoms with van der Waals surface area (Å²) in [6.45, 7) is 0.714. The van der Waals surface area contributed by atoms with E-state index in [4.69, 9.17) is 4.74 Å². The first kappa shape index (κ1) is 11.4. The summed E-state index contributed by atoms with van der Waals surface area (Å²) in [5.74, 6) is 0.453. The Morgan fingerprint density at radius 3 is 2.62 bits per heavy atom. The molecule has 1 aliphatic carbocycles. The Morgan fingerprint density at radius 1 is 1.25 bits per heavy atom. The number of nitrogens with zero attached hydrogens (tertiary/aromatic N) is 1. The Labute approximate surface area is 95.9 Å². The van der Waals surface area contributed by atoms with Crippen molar-refractivity contribution in [3.63, 3.8) is 0 Å². The van der Waals surface area contributed by atoms with Crippen molar-refractivity contribution in [3.05, 3.63) is 0 Å². The second-order valence-electron chi connectivity index (χ2n) is 4.77. The van der Waals surface area contributed by atoms with Gasteiger partial charge in [0.05, 0.1) is 7.11 Å². The summed E-state index contributed by atoms with van der Waals surface area (Å²) in [6.07, 6.45) is 5.72. The number of esters is 1. The third kappa shape index (κ3) is 2.54. The highest BCUT2D eigenvalue weighted by atomic mass is 16.5. The molecule has 1 heterocycles. The predicted octanol–water partition coefficient (Wildman–Crippen LogP) is 1.34. The van der Waals surface area contributed by atoms with Crippen LogP contribution in [0.3, 0.4) is 0 Å². The molecular weight excluding hydrogens is 206 g/mol. The van der Waals surface area contributed by atoms with Crippen molar-refractivity contribution in [2.45, 2.75) is 44.6 Å². The van der Waals surface area contributed by atoms with Crippen molar-refractivity contribution < 1.29 is 14.3 Å². The number of piperidine rings is 1. The van der Waals surface area contributed by atoms with E-state index in [0.29, 0.717) is 18.9 Å². The van der Waals surface area contributed by atoms with Crippen LogP contribution >= 0.6 is 0 Å². The van der Waals surface area contributed by atoms with Crippen molar-refractivity contribution >= 4 is 11.9 Å². The van der Waals surface area contributed by atoms with Crippen molar-refractivity contribution in [1.29, 1.82) is 0 Å². The van der Waals surface area contributed by atoms with E-state index >= 15 is 0 Å². The first-order valence-electron chi connectivity index (χ1n) is 6.09. The molecule has 0 aromatic heterocycles. The van der Waals surface area contributed by atoms with Crippen LogP contribution in [0.4, 0.5) is 0 Å². The number of likely N-dealkylation sites (tertiary alicyclic amines) is 1.